The quantitative estimate of drug-likeness (QED) is 0.290. The van der Waals surface area contributed by atoms with E-state index < -0.39 is 21.7 Å². The molecule has 0 bridgehead atoms. The van der Waals surface area contributed by atoms with E-state index in [1.165, 1.54) is 0 Å². The monoisotopic (exact) mass is 177 g/mol. The molecule has 0 heterocycles. The van der Waals surface area contributed by atoms with Crippen molar-refractivity contribution in [3.8, 4) is 0 Å². The number of aliphatic hydroxyl groups is 2. The molecule has 0 saturated heterocycles. The van der Waals surface area contributed by atoms with Crippen molar-refractivity contribution in [3.63, 3.8) is 0 Å². The number of hydrogen-bond acceptors (Lipinski definition) is 4. The van der Waals surface area contributed by atoms with Crippen LogP contribution in [0.25, 0.3) is 0 Å². The molecule has 63 valence electrons. The number of rotatable bonds is 3. The van der Waals surface area contributed by atoms with Crippen LogP contribution in [0.3, 0.4) is 0 Å². The summed E-state index contributed by atoms with van der Waals surface area (Å²) < 4.78 is 28.3. The topological polar surface area (TPSA) is 94.8 Å². The second-order valence-corrected chi connectivity index (χ2v) is 3.57. The van der Waals surface area contributed by atoms with E-state index in [0.717, 1.165) is 0 Å². The summed E-state index contributed by atoms with van der Waals surface area (Å²) in [5.41, 5.74) is 0. The van der Waals surface area contributed by atoms with Gasteiger partial charge < -0.3 is 10.2 Å². The molecule has 1 radical (unpaired) electrons. The van der Waals surface area contributed by atoms with Gasteiger partial charge in [-0.2, -0.15) is 8.42 Å². The molecule has 0 saturated carbocycles. The van der Waals surface area contributed by atoms with Crippen molar-refractivity contribution in [1.82, 2.24) is 0 Å². The molecule has 0 unspecified atom stereocenters. The van der Waals surface area contributed by atoms with E-state index in [-0.39, 0.29) is 25.3 Å². The Kier molecular flexibility index (Phi) is 5.66. The predicted molar refractivity (Wildman–Crippen MR) is 39.4 cm³/mol. The van der Waals surface area contributed by atoms with Crippen molar-refractivity contribution in [1.29, 1.82) is 0 Å². The molecule has 0 rings (SSSR count). The maximum Gasteiger partial charge on any atom is 0.321 e. The molecule has 0 aromatic carbocycles. The van der Waals surface area contributed by atoms with Gasteiger partial charge in [-0.05, 0) is 6.42 Å². The summed E-state index contributed by atoms with van der Waals surface area (Å²) in [5, 5.41) is 14.2. The Morgan fingerprint density at radius 3 is 1.82 bits per heavy atom. The molecule has 7 heteroatoms. The third kappa shape index (κ3) is 4.11. The smallest absolute Gasteiger partial charge is 0.321 e. The Morgan fingerprint density at radius 2 is 1.73 bits per heavy atom. The van der Waals surface area contributed by atoms with Crippen LogP contribution in [0.4, 0.5) is 0 Å². The maximum absolute atomic E-state index is 10.1. The molecule has 3 N–H and O–H groups in total. The Morgan fingerprint density at radius 1 is 1.36 bits per heavy atom. The summed E-state index contributed by atoms with van der Waals surface area (Å²) in [6.07, 6.45) is -0.140. The second kappa shape index (κ2) is 4.45. The third-order valence-corrected chi connectivity index (χ3v) is 2.02. The van der Waals surface area contributed by atoms with Gasteiger partial charge in [0.05, 0.1) is 0 Å². The van der Waals surface area contributed by atoms with E-state index in [0.29, 0.717) is 0 Å². The molecule has 0 spiro atoms. The minimum atomic E-state index is -4.75. The zero-order valence-electron chi connectivity index (χ0n) is 6.48. The van der Waals surface area contributed by atoms with Crippen LogP contribution in [0.1, 0.15) is 19.8 Å². The first-order chi connectivity index (χ1) is 4.31. The molecule has 0 amide bonds. The van der Waals surface area contributed by atoms with E-state index in [2.05, 4.69) is 0 Å². The molecule has 5 nitrogen and oxygen atoms in total. The molecule has 0 atom stereocenters. The van der Waals surface area contributed by atoms with E-state index in [9.17, 15) is 8.42 Å². The summed E-state index contributed by atoms with van der Waals surface area (Å²) in [4.78, 5) is 0. The maximum atomic E-state index is 10.1. The van der Waals surface area contributed by atoms with Crippen molar-refractivity contribution in [2.45, 2.75) is 24.9 Å². The van der Waals surface area contributed by atoms with Crippen molar-refractivity contribution < 1.29 is 23.2 Å². The third-order valence-electron chi connectivity index (χ3n) is 0.989. The van der Waals surface area contributed by atoms with E-state index >= 15 is 0 Å². The van der Waals surface area contributed by atoms with Crippen LogP contribution in [0.2, 0.25) is 0 Å². The van der Waals surface area contributed by atoms with Gasteiger partial charge in [0, 0.05) is 25.3 Å². The molecule has 0 aliphatic heterocycles. The first kappa shape index (κ1) is 14.0. The zero-order chi connectivity index (χ0) is 8.41. The van der Waals surface area contributed by atoms with E-state index in [1.54, 1.807) is 6.92 Å². The second-order valence-electron chi connectivity index (χ2n) is 1.97. The predicted octanol–water partition coefficient (Wildman–Crippen LogP) is -1.07. The standard InChI is InChI=1S/C4H10O5S.Li/c1-2-3-4(5,6)10(7,8)9;/h5-6H,2-3H2,1H3,(H,7,8,9);. The van der Waals surface area contributed by atoms with Crippen LogP contribution < -0.4 is 0 Å². The normalized spacial score (nSPS) is 12.4. The molecule has 0 aromatic rings. The van der Waals surface area contributed by atoms with Gasteiger partial charge in [-0.1, -0.05) is 6.92 Å². The van der Waals surface area contributed by atoms with Crippen LogP contribution in [0, 0.1) is 0 Å². The average molecular weight is 177 g/mol. The molecular formula is C4H10LiO5S. The molecule has 0 aromatic heterocycles. The molecular weight excluding hydrogens is 167 g/mol. The van der Waals surface area contributed by atoms with Gasteiger partial charge in [-0.25, -0.2) is 0 Å². The summed E-state index contributed by atoms with van der Waals surface area (Å²) in [6, 6.07) is 0. The Balaban J connectivity index is 0. The fourth-order valence-electron chi connectivity index (χ4n) is 0.455. The molecule has 0 aliphatic rings. The fraction of sp³-hybridized carbons (Fsp3) is 1.00. The van der Waals surface area contributed by atoms with Crippen molar-refractivity contribution in [3.05, 3.63) is 0 Å². The summed E-state index contributed by atoms with van der Waals surface area (Å²) in [7, 11) is -4.75. The summed E-state index contributed by atoms with van der Waals surface area (Å²) >= 11 is 0. The summed E-state index contributed by atoms with van der Waals surface area (Å²) in [6.45, 7) is 1.56. The van der Waals surface area contributed by atoms with Gasteiger partial charge in [0.25, 0.3) is 5.12 Å². The van der Waals surface area contributed by atoms with Gasteiger partial charge in [-0.15, -0.1) is 0 Å². The van der Waals surface area contributed by atoms with Crippen molar-refractivity contribution >= 4 is 29.0 Å². The van der Waals surface area contributed by atoms with Crippen LogP contribution in [-0.4, -0.2) is 47.2 Å². The van der Waals surface area contributed by atoms with Gasteiger partial charge in [0.1, 0.15) is 0 Å². The van der Waals surface area contributed by atoms with E-state index in [4.69, 9.17) is 14.8 Å². The first-order valence-electron chi connectivity index (χ1n) is 2.73. The van der Waals surface area contributed by atoms with Crippen molar-refractivity contribution in [2.75, 3.05) is 0 Å². The largest absolute Gasteiger partial charge is 0.352 e. The molecule has 11 heavy (non-hydrogen) atoms. The summed E-state index contributed by atoms with van der Waals surface area (Å²) in [5.74, 6) is 0. The van der Waals surface area contributed by atoms with Crippen LogP contribution >= 0.6 is 0 Å². The Bertz CT molecular complexity index is 197. The minimum absolute atomic E-state index is 0. The molecule has 0 fully saturated rings. The minimum Gasteiger partial charge on any atom is -0.352 e. The Hall–Kier alpha value is 0.427. The van der Waals surface area contributed by atoms with Crippen LogP contribution in [-0.2, 0) is 10.1 Å². The van der Waals surface area contributed by atoms with Gasteiger partial charge in [-0.3, -0.25) is 4.55 Å². The first-order valence-corrected chi connectivity index (χ1v) is 4.17. The average Bonchev–Trinajstić information content (AvgIpc) is 1.61. The van der Waals surface area contributed by atoms with Crippen molar-refractivity contribution in [2.24, 2.45) is 0 Å². The van der Waals surface area contributed by atoms with Crippen LogP contribution in [0.15, 0.2) is 0 Å². The fourth-order valence-corrected chi connectivity index (χ4v) is 0.917. The number of hydrogen-bond donors (Lipinski definition) is 3. The van der Waals surface area contributed by atoms with Crippen LogP contribution in [0.5, 0.6) is 0 Å². The van der Waals surface area contributed by atoms with Gasteiger partial charge >= 0.3 is 10.1 Å². The SMILES string of the molecule is CCCC(O)(O)S(=O)(=O)O.[Li]. The van der Waals surface area contributed by atoms with Gasteiger partial charge in [0.15, 0.2) is 0 Å². The zero-order valence-corrected chi connectivity index (χ0v) is 7.30. The molecule has 0 aliphatic carbocycles. The Labute approximate surface area is 77.3 Å². The van der Waals surface area contributed by atoms with Gasteiger partial charge in [0.2, 0.25) is 0 Å². The van der Waals surface area contributed by atoms with E-state index in [1.807, 2.05) is 0 Å².